The van der Waals surface area contributed by atoms with Crippen molar-refractivity contribution >= 4 is 0 Å². The summed E-state index contributed by atoms with van der Waals surface area (Å²) in [6.45, 7) is 10.0. The predicted molar refractivity (Wildman–Crippen MR) is 82.1 cm³/mol. The van der Waals surface area contributed by atoms with Gasteiger partial charge in [-0.05, 0) is 43.0 Å². The molecule has 1 aromatic rings. The van der Waals surface area contributed by atoms with Crippen LogP contribution in [0.25, 0.3) is 0 Å². The van der Waals surface area contributed by atoms with Crippen LogP contribution in [0.2, 0.25) is 0 Å². The van der Waals surface area contributed by atoms with Crippen molar-refractivity contribution in [2.24, 2.45) is 5.92 Å². The monoisotopic (exact) mass is 260 g/mol. The summed E-state index contributed by atoms with van der Waals surface area (Å²) >= 11 is 0. The molecule has 19 heavy (non-hydrogen) atoms. The summed E-state index contributed by atoms with van der Waals surface area (Å²) in [7, 11) is 0. The average Bonchev–Trinajstić information content (AvgIpc) is 2.40. The Balaban J connectivity index is 1.94. The fraction of sp³-hybridized carbons (Fsp3) is 0.647. The zero-order valence-electron chi connectivity index (χ0n) is 12.5. The zero-order valence-corrected chi connectivity index (χ0v) is 12.5. The van der Waals surface area contributed by atoms with Gasteiger partial charge >= 0.3 is 0 Å². The number of benzene rings is 1. The van der Waals surface area contributed by atoms with Crippen molar-refractivity contribution in [3.05, 3.63) is 35.4 Å². The molecule has 106 valence electrons. The van der Waals surface area contributed by atoms with E-state index in [9.17, 15) is 0 Å². The highest BCUT2D eigenvalue weighted by Gasteiger charge is 2.20. The molecule has 0 atom stereocenters. The van der Waals surface area contributed by atoms with Gasteiger partial charge in [-0.3, -0.25) is 4.90 Å². The Bertz CT molecular complexity index is 371. The lowest BCUT2D eigenvalue weighted by Gasteiger charge is -2.32. The van der Waals surface area contributed by atoms with Gasteiger partial charge in [-0.25, -0.2) is 0 Å². The molecule has 2 heteroatoms. The summed E-state index contributed by atoms with van der Waals surface area (Å²) < 4.78 is 0. The van der Waals surface area contributed by atoms with E-state index in [4.69, 9.17) is 0 Å². The maximum atomic E-state index is 3.44. The number of nitrogens with zero attached hydrogens (tertiary/aromatic N) is 1. The van der Waals surface area contributed by atoms with E-state index in [1.165, 1.54) is 36.9 Å². The van der Waals surface area contributed by atoms with Crippen molar-refractivity contribution in [2.75, 3.05) is 19.6 Å². The smallest absolute Gasteiger partial charge is 0.0236 e. The molecule has 0 spiro atoms. The van der Waals surface area contributed by atoms with Crippen LogP contribution in [0.1, 0.15) is 44.2 Å². The highest BCUT2D eigenvalue weighted by atomic mass is 15.1. The largest absolute Gasteiger partial charge is 0.313 e. The molecule has 1 aliphatic rings. The molecule has 1 fully saturated rings. The van der Waals surface area contributed by atoms with Crippen LogP contribution in [-0.2, 0) is 13.1 Å². The third-order valence-corrected chi connectivity index (χ3v) is 4.27. The molecule has 0 radical (unpaired) electrons. The first-order chi connectivity index (χ1) is 9.33. The molecule has 0 bridgehead atoms. The molecule has 0 amide bonds. The fourth-order valence-electron chi connectivity index (χ4n) is 2.73. The van der Waals surface area contributed by atoms with Crippen molar-refractivity contribution in [3.63, 3.8) is 0 Å². The average molecular weight is 260 g/mol. The quantitative estimate of drug-likeness (QED) is 0.770. The van der Waals surface area contributed by atoms with Crippen molar-refractivity contribution in [3.8, 4) is 0 Å². The minimum absolute atomic E-state index is 0.959. The van der Waals surface area contributed by atoms with Gasteiger partial charge in [-0.15, -0.1) is 0 Å². The summed E-state index contributed by atoms with van der Waals surface area (Å²) in [5, 5.41) is 3.44. The van der Waals surface area contributed by atoms with E-state index < -0.39 is 0 Å². The fourth-order valence-corrected chi connectivity index (χ4v) is 2.73. The maximum Gasteiger partial charge on any atom is 0.0236 e. The summed E-state index contributed by atoms with van der Waals surface area (Å²) in [5.41, 5.74) is 2.95. The summed E-state index contributed by atoms with van der Waals surface area (Å²) in [5.74, 6) is 0.959. The highest BCUT2D eigenvalue weighted by Crippen LogP contribution is 2.27. The van der Waals surface area contributed by atoms with E-state index >= 15 is 0 Å². The van der Waals surface area contributed by atoms with E-state index in [0.29, 0.717) is 0 Å². The van der Waals surface area contributed by atoms with E-state index in [1.54, 1.807) is 0 Å². The van der Waals surface area contributed by atoms with Gasteiger partial charge in [0.25, 0.3) is 0 Å². The summed E-state index contributed by atoms with van der Waals surface area (Å²) in [6.07, 6.45) is 4.32. The predicted octanol–water partition coefficient (Wildman–Crippen LogP) is 3.42. The zero-order chi connectivity index (χ0) is 13.5. The SMILES string of the molecule is CCNCc1ccccc1CN(CC)CC1CCC1. The van der Waals surface area contributed by atoms with Crippen LogP contribution in [0.5, 0.6) is 0 Å². The molecule has 2 nitrogen and oxygen atoms in total. The Kier molecular flexibility index (Phi) is 5.87. The first kappa shape index (κ1) is 14.5. The second-order valence-corrected chi connectivity index (χ2v) is 5.67. The molecule has 1 aromatic carbocycles. The van der Waals surface area contributed by atoms with Gasteiger partial charge in [0.05, 0.1) is 0 Å². The van der Waals surface area contributed by atoms with E-state index in [-0.39, 0.29) is 0 Å². The first-order valence-electron chi connectivity index (χ1n) is 7.83. The van der Waals surface area contributed by atoms with Gasteiger partial charge in [0, 0.05) is 19.6 Å². The summed E-state index contributed by atoms with van der Waals surface area (Å²) in [4.78, 5) is 2.61. The van der Waals surface area contributed by atoms with Crippen molar-refractivity contribution in [1.29, 1.82) is 0 Å². The molecule has 2 rings (SSSR count). The van der Waals surface area contributed by atoms with E-state index in [1.807, 2.05) is 0 Å². The van der Waals surface area contributed by atoms with Gasteiger partial charge in [0.2, 0.25) is 0 Å². The number of rotatable bonds is 8. The second kappa shape index (κ2) is 7.66. The topological polar surface area (TPSA) is 15.3 Å². The highest BCUT2D eigenvalue weighted by molar-refractivity contribution is 5.27. The maximum absolute atomic E-state index is 3.44. The van der Waals surface area contributed by atoms with E-state index in [2.05, 4.69) is 48.3 Å². The molecular formula is C17H28N2. The number of nitrogens with one attached hydrogen (secondary N) is 1. The van der Waals surface area contributed by atoms with Crippen LogP contribution in [0.15, 0.2) is 24.3 Å². The summed E-state index contributed by atoms with van der Waals surface area (Å²) in [6, 6.07) is 8.87. The van der Waals surface area contributed by atoms with E-state index in [0.717, 1.165) is 32.1 Å². The van der Waals surface area contributed by atoms with Gasteiger partial charge in [-0.2, -0.15) is 0 Å². The Labute approximate surface area is 118 Å². The number of hydrogen-bond acceptors (Lipinski definition) is 2. The molecule has 0 aliphatic heterocycles. The van der Waals surface area contributed by atoms with Gasteiger partial charge in [0.15, 0.2) is 0 Å². The first-order valence-corrected chi connectivity index (χ1v) is 7.83. The van der Waals surface area contributed by atoms with Crippen LogP contribution >= 0.6 is 0 Å². The van der Waals surface area contributed by atoms with Gasteiger partial charge in [-0.1, -0.05) is 44.5 Å². The van der Waals surface area contributed by atoms with Gasteiger partial charge in [0.1, 0.15) is 0 Å². The minimum Gasteiger partial charge on any atom is -0.313 e. The lowest BCUT2D eigenvalue weighted by atomic mass is 9.85. The number of hydrogen-bond donors (Lipinski definition) is 1. The Morgan fingerprint density at radius 2 is 1.89 bits per heavy atom. The Morgan fingerprint density at radius 3 is 2.47 bits per heavy atom. The molecule has 1 aliphatic carbocycles. The molecule has 0 heterocycles. The minimum atomic E-state index is 0.959. The third kappa shape index (κ3) is 4.32. The molecule has 0 aromatic heterocycles. The van der Waals surface area contributed by atoms with Crippen LogP contribution in [0.3, 0.4) is 0 Å². The third-order valence-electron chi connectivity index (χ3n) is 4.27. The lowest BCUT2D eigenvalue weighted by Crippen LogP contribution is -2.32. The Hall–Kier alpha value is -0.860. The standard InChI is InChI=1S/C17H28N2/c1-3-18-12-16-10-5-6-11-17(16)14-19(4-2)13-15-8-7-9-15/h5-6,10-11,15,18H,3-4,7-9,12-14H2,1-2H3. The van der Waals surface area contributed by atoms with Crippen molar-refractivity contribution < 1.29 is 0 Å². The molecule has 0 unspecified atom stereocenters. The van der Waals surface area contributed by atoms with Gasteiger partial charge < -0.3 is 5.32 Å². The van der Waals surface area contributed by atoms with Crippen LogP contribution < -0.4 is 5.32 Å². The lowest BCUT2D eigenvalue weighted by molar-refractivity contribution is 0.178. The second-order valence-electron chi connectivity index (χ2n) is 5.67. The molecule has 1 N–H and O–H groups in total. The molecular weight excluding hydrogens is 232 g/mol. The molecule has 0 saturated heterocycles. The normalized spacial score (nSPS) is 15.7. The van der Waals surface area contributed by atoms with Crippen LogP contribution in [0, 0.1) is 5.92 Å². The van der Waals surface area contributed by atoms with Crippen LogP contribution in [0.4, 0.5) is 0 Å². The Morgan fingerprint density at radius 1 is 1.16 bits per heavy atom. The van der Waals surface area contributed by atoms with Crippen molar-refractivity contribution in [2.45, 2.75) is 46.2 Å². The van der Waals surface area contributed by atoms with Crippen LogP contribution in [-0.4, -0.2) is 24.5 Å². The molecule has 1 saturated carbocycles. The van der Waals surface area contributed by atoms with Crippen molar-refractivity contribution in [1.82, 2.24) is 10.2 Å².